The molecule has 0 N–H and O–H groups in total. The Kier molecular flexibility index (Phi) is 5.53. The SMILES string of the molecule is CCOc1ccc(/C=C(\Cl)c2nc(-c3ccc(F)cc3)no2)cc1OC. The largest absolute Gasteiger partial charge is 0.493 e. The predicted octanol–water partition coefficient (Wildman–Crippen LogP) is 5.02. The number of hydrogen-bond acceptors (Lipinski definition) is 5. The molecule has 1 aromatic heterocycles. The molecule has 1 heterocycles. The van der Waals surface area contributed by atoms with E-state index < -0.39 is 0 Å². The van der Waals surface area contributed by atoms with Crippen LogP contribution in [-0.2, 0) is 0 Å². The molecule has 3 aromatic rings. The predicted molar refractivity (Wildman–Crippen MR) is 97.6 cm³/mol. The van der Waals surface area contributed by atoms with E-state index in [1.807, 2.05) is 13.0 Å². The van der Waals surface area contributed by atoms with Crippen molar-refractivity contribution in [1.29, 1.82) is 0 Å². The molecule has 0 unspecified atom stereocenters. The van der Waals surface area contributed by atoms with E-state index in [9.17, 15) is 4.39 Å². The highest BCUT2D eigenvalue weighted by Gasteiger charge is 2.12. The highest BCUT2D eigenvalue weighted by molar-refractivity contribution is 6.50. The number of nitrogens with zero attached hydrogens (tertiary/aromatic N) is 2. The fourth-order valence-electron chi connectivity index (χ4n) is 2.29. The average Bonchev–Trinajstić information content (AvgIpc) is 3.14. The van der Waals surface area contributed by atoms with Crippen LogP contribution in [0, 0.1) is 5.82 Å². The summed E-state index contributed by atoms with van der Waals surface area (Å²) in [6.45, 7) is 2.44. The fraction of sp³-hybridized carbons (Fsp3) is 0.158. The van der Waals surface area contributed by atoms with Crippen molar-refractivity contribution in [3.05, 3.63) is 59.7 Å². The second kappa shape index (κ2) is 8.01. The maximum absolute atomic E-state index is 13.0. The molecule has 0 spiro atoms. The van der Waals surface area contributed by atoms with Gasteiger partial charge in [0.25, 0.3) is 5.89 Å². The topological polar surface area (TPSA) is 57.4 Å². The first-order valence-electron chi connectivity index (χ1n) is 7.88. The molecule has 0 aliphatic heterocycles. The van der Waals surface area contributed by atoms with Gasteiger partial charge in [-0.1, -0.05) is 22.8 Å². The molecule has 0 bridgehead atoms. The maximum Gasteiger partial charge on any atom is 0.269 e. The van der Waals surface area contributed by atoms with Gasteiger partial charge in [-0.3, -0.25) is 0 Å². The Hall–Kier alpha value is -2.86. The van der Waals surface area contributed by atoms with Crippen molar-refractivity contribution in [3.8, 4) is 22.9 Å². The lowest BCUT2D eigenvalue weighted by Crippen LogP contribution is -1.95. The van der Waals surface area contributed by atoms with E-state index >= 15 is 0 Å². The zero-order valence-corrected chi connectivity index (χ0v) is 15.0. The van der Waals surface area contributed by atoms with Crippen LogP contribution in [0.25, 0.3) is 22.5 Å². The smallest absolute Gasteiger partial charge is 0.269 e. The van der Waals surface area contributed by atoms with Crippen LogP contribution in [0.4, 0.5) is 4.39 Å². The molecule has 0 amide bonds. The number of hydrogen-bond donors (Lipinski definition) is 0. The zero-order chi connectivity index (χ0) is 18.5. The molecule has 0 aliphatic carbocycles. The average molecular weight is 375 g/mol. The molecular weight excluding hydrogens is 359 g/mol. The monoisotopic (exact) mass is 374 g/mol. The summed E-state index contributed by atoms with van der Waals surface area (Å²) in [6.07, 6.45) is 1.68. The summed E-state index contributed by atoms with van der Waals surface area (Å²) in [5.41, 5.74) is 1.42. The molecule has 134 valence electrons. The van der Waals surface area contributed by atoms with Crippen LogP contribution >= 0.6 is 11.6 Å². The highest BCUT2D eigenvalue weighted by Crippen LogP contribution is 2.30. The van der Waals surface area contributed by atoms with Crippen LogP contribution in [-0.4, -0.2) is 23.9 Å². The third kappa shape index (κ3) is 4.03. The third-order valence-electron chi connectivity index (χ3n) is 3.51. The summed E-state index contributed by atoms with van der Waals surface area (Å²) < 4.78 is 29.0. The van der Waals surface area contributed by atoms with Gasteiger partial charge in [0, 0.05) is 5.56 Å². The summed E-state index contributed by atoms with van der Waals surface area (Å²) in [6, 6.07) is 11.2. The van der Waals surface area contributed by atoms with Crippen LogP contribution in [0.1, 0.15) is 18.4 Å². The summed E-state index contributed by atoms with van der Waals surface area (Å²) in [5, 5.41) is 4.15. The Bertz CT molecular complexity index is 923. The lowest BCUT2D eigenvalue weighted by atomic mass is 10.2. The van der Waals surface area contributed by atoms with E-state index in [2.05, 4.69) is 10.1 Å². The van der Waals surface area contributed by atoms with Gasteiger partial charge in [0.1, 0.15) is 10.8 Å². The molecule has 0 saturated carbocycles. The highest BCUT2D eigenvalue weighted by atomic mass is 35.5. The molecule has 0 aliphatic rings. The van der Waals surface area contributed by atoms with Crippen molar-refractivity contribution in [2.24, 2.45) is 0 Å². The van der Waals surface area contributed by atoms with Crippen LogP contribution in [0.3, 0.4) is 0 Å². The van der Waals surface area contributed by atoms with E-state index in [0.29, 0.717) is 29.5 Å². The van der Waals surface area contributed by atoms with Gasteiger partial charge in [-0.2, -0.15) is 4.98 Å². The minimum atomic E-state index is -0.333. The molecular formula is C19H16ClFN2O3. The summed E-state index contributed by atoms with van der Waals surface area (Å²) in [7, 11) is 1.57. The number of rotatable bonds is 6. The van der Waals surface area contributed by atoms with Gasteiger partial charge in [-0.25, -0.2) is 4.39 Å². The number of aromatic nitrogens is 2. The van der Waals surface area contributed by atoms with Crippen molar-refractivity contribution < 1.29 is 18.4 Å². The molecule has 0 saturated heterocycles. The first-order chi connectivity index (χ1) is 12.6. The summed E-state index contributed by atoms with van der Waals surface area (Å²) >= 11 is 6.30. The van der Waals surface area contributed by atoms with Crippen molar-refractivity contribution in [1.82, 2.24) is 10.1 Å². The molecule has 0 fully saturated rings. The summed E-state index contributed by atoms with van der Waals surface area (Å²) in [4.78, 5) is 4.24. The molecule has 2 aromatic carbocycles. The Morgan fingerprint density at radius 3 is 2.65 bits per heavy atom. The van der Waals surface area contributed by atoms with E-state index in [4.69, 9.17) is 25.6 Å². The minimum Gasteiger partial charge on any atom is -0.493 e. The standard InChI is InChI=1S/C19H16ClFN2O3/c1-3-25-16-9-4-12(11-17(16)24-2)10-15(20)19-22-18(23-26-19)13-5-7-14(21)8-6-13/h4-11H,3H2,1-2H3/b15-10-. The number of ether oxygens (including phenoxy) is 2. The second-order valence-electron chi connectivity index (χ2n) is 5.27. The van der Waals surface area contributed by atoms with Gasteiger partial charge in [0.05, 0.1) is 13.7 Å². The minimum absolute atomic E-state index is 0.166. The molecule has 26 heavy (non-hydrogen) atoms. The van der Waals surface area contributed by atoms with Gasteiger partial charge >= 0.3 is 0 Å². The van der Waals surface area contributed by atoms with Crippen molar-refractivity contribution in [2.75, 3.05) is 13.7 Å². The Morgan fingerprint density at radius 2 is 1.96 bits per heavy atom. The number of halogens is 2. The van der Waals surface area contributed by atoms with Crippen molar-refractivity contribution >= 4 is 22.7 Å². The van der Waals surface area contributed by atoms with Crippen LogP contribution < -0.4 is 9.47 Å². The Balaban J connectivity index is 1.85. The van der Waals surface area contributed by atoms with Crippen LogP contribution in [0.15, 0.2) is 47.0 Å². The number of methoxy groups -OCH3 is 1. The normalized spacial score (nSPS) is 11.5. The van der Waals surface area contributed by atoms with Crippen LogP contribution in [0.2, 0.25) is 0 Å². The number of benzene rings is 2. The van der Waals surface area contributed by atoms with Gasteiger partial charge in [-0.05, 0) is 55.0 Å². The van der Waals surface area contributed by atoms with E-state index in [1.54, 1.807) is 37.5 Å². The van der Waals surface area contributed by atoms with Crippen molar-refractivity contribution in [2.45, 2.75) is 6.92 Å². The van der Waals surface area contributed by atoms with E-state index in [1.165, 1.54) is 12.1 Å². The molecule has 0 radical (unpaired) electrons. The lowest BCUT2D eigenvalue weighted by Gasteiger charge is -2.09. The third-order valence-corrected chi connectivity index (χ3v) is 3.78. The quantitative estimate of drug-likeness (QED) is 0.606. The first kappa shape index (κ1) is 17.9. The molecule has 0 atom stereocenters. The van der Waals surface area contributed by atoms with Gasteiger partial charge in [0.15, 0.2) is 11.5 Å². The lowest BCUT2D eigenvalue weighted by molar-refractivity contribution is 0.311. The van der Waals surface area contributed by atoms with E-state index in [0.717, 1.165) is 5.56 Å². The van der Waals surface area contributed by atoms with Gasteiger partial charge in [0.2, 0.25) is 5.82 Å². The molecule has 7 heteroatoms. The summed E-state index contributed by atoms with van der Waals surface area (Å²) in [5.74, 6) is 1.41. The van der Waals surface area contributed by atoms with Crippen LogP contribution in [0.5, 0.6) is 11.5 Å². The van der Waals surface area contributed by atoms with Gasteiger partial charge in [-0.15, -0.1) is 0 Å². The molecule has 3 rings (SSSR count). The maximum atomic E-state index is 13.0. The van der Waals surface area contributed by atoms with Gasteiger partial charge < -0.3 is 14.0 Å². The zero-order valence-electron chi connectivity index (χ0n) is 14.2. The van der Waals surface area contributed by atoms with Crippen molar-refractivity contribution in [3.63, 3.8) is 0 Å². The second-order valence-corrected chi connectivity index (χ2v) is 5.67. The molecule has 5 nitrogen and oxygen atoms in total. The Morgan fingerprint density at radius 1 is 1.19 bits per heavy atom. The first-order valence-corrected chi connectivity index (χ1v) is 8.26. The van der Waals surface area contributed by atoms with E-state index in [-0.39, 0.29) is 16.7 Å². The fourth-order valence-corrected chi connectivity index (χ4v) is 2.50. The Labute approximate surface area is 155 Å².